The lowest BCUT2D eigenvalue weighted by Crippen LogP contribution is -2.06. The lowest BCUT2D eigenvalue weighted by atomic mass is 9.96. The molecule has 0 N–H and O–H groups in total. The minimum atomic E-state index is -3.47. The molecule has 4 heteroatoms. The molecule has 3 nitrogen and oxygen atoms in total. The van der Waals surface area contributed by atoms with Gasteiger partial charge < -0.3 is 0 Å². The minimum absolute atomic E-state index is 0.121. The maximum atomic E-state index is 12.0. The van der Waals surface area contributed by atoms with E-state index in [1.807, 2.05) is 39.8 Å². The molecule has 0 saturated heterocycles. The van der Waals surface area contributed by atoms with E-state index in [1.165, 1.54) is 0 Å². The molecule has 1 aliphatic rings. The Bertz CT molecular complexity index is 583. The smallest absolute Gasteiger partial charge is 0.199 e. The number of nitrogens with zero attached hydrogens (tertiary/aromatic N) is 1. The van der Waals surface area contributed by atoms with Crippen molar-refractivity contribution in [2.45, 2.75) is 38.5 Å². The lowest BCUT2D eigenvalue weighted by Gasteiger charge is -2.09. The van der Waals surface area contributed by atoms with E-state index >= 15 is 0 Å². The fourth-order valence-electron chi connectivity index (χ4n) is 1.97. The third-order valence-electron chi connectivity index (χ3n) is 2.99. The second-order valence-corrected chi connectivity index (χ2v) is 6.59. The zero-order valence-electron chi connectivity index (χ0n) is 10.6. The predicted octanol–water partition coefficient (Wildman–Crippen LogP) is 2.96. The highest BCUT2D eigenvalue weighted by atomic mass is 32.2. The van der Waals surface area contributed by atoms with Crippen LogP contribution in [0.1, 0.15) is 44.7 Å². The van der Waals surface area contributed by atoms with E-state index in [2.05, 4.69) is 4.40 Å². The molecule has 0 saturated carbocycles. The topological polar surface area (TPSA) is 46.5 Å². The van der Waals surface area contributed by atoms with Gasteiger partial charge >= 0.3 is 0 Å². The van der Waals surface area contributed by atoms with Gasteiger partial charge in [-0.2, -0.15) is 12.8 Å². The summed E-state index contributed by atoms with van der Waals surface area (Å²) in [7, 11) is -3.47. The maximum Gasteiger partial charge on any atom is 0.283 e. The van der Waals surface area contributed by atoms with Gasteiger partial charge in [0.2, 0.25) is 0 Å². The summed E-state index contributed by atoms with van der Waals surface area (Å²) in [5.41, 5.74) is 2.48. The average molecular weight is 251 g/mol. The van der Waals surface area contributed by atoms with Crippen molar-refractivity contribution >= 4 is 15.7 Å². The van der Waals surface area contributed by atoms with Crippen LogP contribution < -0.4 is 0 Å². The second-order valence-electron chi connectivity index (χ2n) is 5.02. The summed E-state index contributed by atoms with van der Waals surface area (Å²) in [4.78, 5) is 0.368. The Balaban J connectivity index is 2.65. The Morgan fingerprint density at radius 2 is 1.71 bits per heavy atom. The lowest BCUT2D eigenvalue weighted by molar-refractivity contribution is 0.599. The van der Waals surface area contributed by atoms with Crippen LogP contribution in [0.15, 0.2) is 27.5 Å². The number of benzene rings is 1. The maximum absolute atomic E-state index is 12.0. The van der Waals surface area contributed by atoms with E-state index < -0.39 is 10.0 Å². The highest BCUT2D eigenvalue weighted by molar-refractivity contribution is 7.90. The van der Waals surface area contributed by atoms with Gasteiger partial charge in [-0.1, -0.05) is 39.8 Å². The summed E-state index contributed by atoms with van der Waals surface area (Å²) in [6, 6.07) is 5.63. The van der Waals surface area contributed by atoms with Gasteiger partial charge in [-0.25, -0.2) is 0 Å². The standard InChI is InChI=1S/C13H17NO2S/c1-8(2)10-5-6-11-12(7-10)17(15,16)14-13(11)9(3)4/h5-9H,1-4H3. The van der Waals surface area contributed by atoms with Gasteiger partial charge in [-0.05, 0) is 23.5 Å². The Labute approximate surface area is 103 Å². The molecular weight excluding hydrogens is 234 g/mol. The molecule has 0 atom stereocenters. The number of sulfonamides is 1. The molecule has 0 aromatic heterocycles. The molecule has 1 aromatic carbocycles. The molecular formula is C13H17NO2S. The zero-order valence-corrected chi connectivity index (χ0v) is 11.4. The largest absolute Gasteiger partial charge is 0.283 e. The summed E-state index contributed by atoms with van der Waals surface area (Å²) in [6.45, 7) is 8.01. The summed E-state index contributed by atoms with van der Waals surface area (Å²) in [5, 5.41) is 0. The average Bonchev–Trinajstić information content (AvgIpc) is 2.51. The molecule has 0 bridgehead atoms. The molecule has 0 fully saturated rings. The fraction of sp³-hybridized carbons (Fsp3) is 0.462. The Morgan fingerprint density at radius 1 is 1.06 bits per heavy atom. The molecule has 1 aliphatic heterocycles. The molecule has 0 amide bonds. The summed E-state index contributed by atoms with van der Waals surface area (Å²) in [5.74, 6) is 0.439. The van der Waals surface area contributed by atoms with Crippen LogP contribution >= 0.6 is 0 Å². The highest BCUT2D eigenvalue weighted by Crippen LogP contribution is 2.31. The van der Waals surface area contributed by atoms with Crippen molar-refractivity contribution in [3.05, 3.63) is 29.3 Å². The second kappa shape index (κ2) is 3.95. The molecule has 1 aromatic rings. The third-order valence-corrected chi connectivity index (χ3v) is 4.32. The van der Waals surface area contributed by atoms with Gasteiger partial charge in [0.25, 0.3) is 10.0 Å². The summed E-state index contributed by atoms with van der Waals surface area (Å²) >= 11 is 0. The Morgan fingerprint density at radius 3 is 2.24 bits per heavy atom. The fourth-order valence-corrected chi connectivity index (χ4v) is 3.37. The van der Waals surface area contributed by atoms with E-state index in [9.17, 15) is 8.42 Å². The normalized spacial score (nSPS) is 17.4. The Hall–Kier alpha value is -1.16. The van der Waals surface area contributed by atoms with Crippen molar-refractivity contribution in [1.29, 1.82) is 0 Å². The van der Waals surface area contributed by atoms with Crippen LogP contribution in [0, 0.1) is 5.92 Å². The quantitative estimate of drug-likeness (QED) is 0.811. The predicted molar refractivity (Wildman–Crippen MR) is 69.1 cm³/mol. The monoisotopic (exact) mass is 251 g/mol. The molecule has 92 valence electrons. The number of rotatable bonds is 2. The van der Waals surface area contributed by atoms with E-state index in [0.29, 0.717) is 16.5 Å². The number of hydrogen-bond acceptors (Lipinski definition) is 2. The molecule has 1 heterocycles. The van der Waals surface area contributed by atoms with Crippen LogP contribution in [0.3, 0.4) is 0 Å². The highest BCUT2D eigenvalue weighted by Gasteiger charge is 2.30. The van der Waals surface area contributed by atoms with Crippen molar-refractivity contribution < 1.29 is 8.42 Å². The van der Waals surface area contributed by atoms with Crippen molar-refractivity contribution in [3.8, 4) is 0 Å². The summed E-state index contributed by atoms with van der Waals surface area (Å²) in [6.07, 6.45) is 0. The van der Waals surface area contributed by atoms with Crippen molar-refractivity contribution in [1.82, 2.24) is 0 Å². The van der Waals surface area contributed by atoms with Gasteiger partial charge in [0.15, 0.2) is 0 Å². The number of hydrogen-bond donors (Lipinski definition) is 0. The molecule has 0 radical (unpaired) electrons. The van der Waals surface area contributed by atoms with Crippen LogP contribution in [0.2, 0.25) is 0 Å². The first-order chi connectivity index (χ1) is 7.83. The first-order valence-corrected chi connectivity index (χ1v) is 7.26. The van der Waals surface area contributed by atoms with Gasteiger partial charge in [0.1, 0.15) is 0 Å². The van der Waals surface area contributed by atoms with Crippen LogP contribution in [-0.4, -0.2) is 14.1 Å². The SMILES string of the molecule is CC(C)C1=NS(=O)(=O)c2cc(C(C)C)ccc21. The van der Waals surface area contributed by atoms with E-state index in [-0.39, 0.29) is 5.92 Å². The van der Waals surface area contributed by atoms with Gasteiger partial charge in [0, 0.05) is 5.56 Å². The Kier molecular flexibility index (Phi) is 2.86. The molecule has 0 unspecified atom stereocenters. The molecule has 0 aliphatic carbocycles. The van der Waals surface area contributed by atoms with E-state index in [4.69, 9.17) is 0 Å². The molecule has 0 spiro atoms. The van der Waals surface area contributed by atoms with Crippen molar-refractivity contribution in [2.75, 3.05) is 0 Å². The van der Waals surface area contributed by atoms with Gasteiger partial charge in [-0.3, -0.25) is 0 Å². The van der Waals surface area contributed by atoms with Crippen LogP contribution in [0.5, 0.6) is 0 Å². The van der Waals surface area contributed by atoms with E-state index in [1.54, 1.807) is 6.07 Å². The minimum Gasteiger partial charge on any atom is -0.199 e. The van der Waals surface area contributed by atoms with Crippen molar-refractivity contribution in [3.63, 3.8) is 0 Å². The van der Waals surface area contributed by atoms with Crippen LogP contribution in [-0.2, 0) is 10.0 Å². The third kappa shape index (κ3) is 2.02. The molecule has 17 heavy (non-hydrogen) atoms. The van der Waals surface area contributed by atoms with Gasteiger partial charge in [-0.15, -0.1) is 0 Å². The van der Waals surface area contributed by atoms with Crippen LogP contribution in [0.25, 0.3) is 0 Å². The van der Waals surface area contributed by atoms with Crippen LogP contribution in [0.4, 0.5) is 0 Å². The first kappa shape index (κ1) is 12.3. The number of fused-ring (bicyclic) bond motifs is 1. The van der Waals surface area contributed by atoms with E-state index in [0.717, 1.165) is 11.1 Å². The zero-order chi connectivity index (χ0) is 12.8. The van der Waals surface area contributed by atoms with Crippen molar-refractivity contribution in [2.24, 2.45) is 10.3 Å². The summed E-state index contributed by atoms with van der Waals surface area (Å²) < 4.78 is 27.8. The first-order valence-electron chi connectivity index (χ1n) is 5.82. The van der Waals surface area contributed by atoms with Gasteiger partial charge in [0.05, 0.1) is 10.6 Å². The molecule has 2 rings (SSSR count).